The van der Waals surface area contributed by atoms with Crippen LogP contribution in [0.2, 0.25) is 0 Å². The number of allylic oxidation sites excluding steroid dienone is 2. The largest absolute Gasteiger partial charge is 0.495 e. The quantitative estimate of drug-likeness (QED) is 0.806. The van der Waals surface area contributed by atoms with E-state index in [4.69, 9.17) is 9.15 Å². The van der Waals surface area contributed by atoms with Gasteiger partial charge in [-0.05, 0) is 36.1 Å². The number of anilines is 1. The van der Waals surface area contributed by atoms with E-state index in [-0.39, 0.29) is 29.4 Å². The van der Waals surface area contributed by atoms with Gasteiger partial charge in [0.15, 0.2) is 5.78 Å². The smallest absolute Gasteiger partial charge is 0.232 e. The van der Waals surface area contributed by atoms with E-state index < -0.39 is 0 Å². The van der Waals surface area contributed by atoms with Crippen LogP contribution in [0.4, 0.5) is 5.69 Å². The van der Waals surface area contributed by atoms with Crippen molar-refractivity contribution in [3.8, 4) is 5.75 Å². The first-order valence-corrected chi connectivity index (χ1v) is 9.17. The molecule has 2 aliphatic rings. The van der Waals surface area contributed by atoms with Gasteiger partial charge in [0.1, 0.15) is 11.5 Å². The molecule has 140 valence electrons. The van der Waals surface area contributed by atoms with Crippen LogP contribution in [0.3, 0.4) is 0 Å². The van der Waals surface area contributed by atoms with Gasteiger partial charge in [-0.25, -0.2) is 0 Å². The third-order valence-corrected chi connectivity index (χ3v) is 5.36. The number of nitrogens with zero attached hydrogens (tertiary/aromatic N) is 1. The van der Waals surface area contributed by atoms with Crippen LogP contribution in [-0.4, -0.2) is 18.8 Å². The molecule has 0 bridgehead atoms. The molecule has 0 N–H and O–H groups in total. The summed E-state index contributed by atoms with van der Waals surface area (Å²) < 4.78 is 11.1. The van der Waals surface area contributed by atoms with Gasteiger partial charge in [-0.15, -0.1) is 0 Å². The first kappa shape index (κ1) is 17.6. The molecule has 1 aromatic carbocycles. The Bertz CT molecular complexity index is 924. The van der Waals surface area contributed by atoms with Crippen LogP contribution in [0.5, 0.6) is 5.75 Å². The minimum Gasteiger partial charge on any atom is -0.495 e. The molecule has 1 aromatic heterocycles. The van der Waals surface area contributed by atoms with Gasteiger partial charge in [0.25, 0.3) is 0 Å². The van der Waals surface area contributed by atoms with Crippen LogP contribution in [0.15, 0.2) is 58.3 Å². The third-order valence-electron chi connectivity index (χ3n) is 5.36. The zero-order valence-corrected chi connectivity index (χ0v) is 15.8. The van der Waals surface area contributed by atoms with Crippen LogP contribution in [0, 0.1) is 5.41 Å². The summed E-state index contributed by atoms with van der Waals surface area (Å²) in [5.41, 5.74) is 1.95. The molecule has 27 heavy (non-hydrogen) atoms. The number of amides is 1. The molecular formula is C22H23NO4. The summed E-state index contributed by atoms with van der Waals surface area (Å²) in [6.45, 7) is 4.13. The Morgan fingerprint density at radius 3 is 2.59 bits per heavy atom. The van der Waals surface area contributed by atoms with Crippen molar-refractivity contribution in [2.24, 2.45) is 5.41 Å². The monoisotopic (exact) mass is 365 g/mol. The van der Waals surface area contributed by atoms with E-state index in [1.807, 2.05) is 30.3 Å². The first-order valence-electron chi connectivity index (χ1n) is 9.17. The Morgan fingerprint density at radius 1 is 1.11 bits per heavy atom. The number of furan rings is 1. The number of rotatable bonds is 3. The zero-order chi connectivity index (χ0) is 19.2. The molecule has 4 rings (SSSR count). The number of ether oxygens (including phenoxy) is 1. The predicted octanol–water partition coefficient (Wildman–Crippen LogP) is 4.45. The van der Waals surface area contributed by atoms with Crippen molar-refractivity contribution >= 4 is 17.4 Å². The molecule has 0 saturated carbocycles. The zero-order valence-electron chi connectivity index (χ0n) is 15.8. The minimum absolute atomic E-state index is 0.0508. The van der Waals surface area contributed by atoms with Crippen molar-refractivity contribution in [1.82, 2.24) is 0 Å². The summed E-state index contributed by atoms with van der Waals surface area (Å²) >= 11 is 0. The van der Waals surface area contributed by atoms with Crippen molar-refractivity contribution in [2.45, 2.75) is 39.0 Å². The standard InChI is InChI=1S/C22H23NO4/c1-22(2)12-16-21(17(24)13-22)14(18-9-6-10-27-18)11-20(25)23(16)15-7-4-5-8-19(15)26-3/h4-10,14H,11-13H2,1-3H3. The van der Waals surface area contributed by atoms with E-state index in [0.717, 1.165) is 5.70 Å². The highest BCUT2D eigenvalue weighted by Gasteiger charge is 2.45. The molecule has 2 heterocycles. The van der Waals surface area contributed by atoms with E-state index in [9.17, 15) is 9.59 Å². The van der Waals surface area contributed by atoms with Crippen LogP contribution in [-0.2, 0) is 9.59 Å². The topological polar surface area (TPSA) is 59.8 Å². The van der Waals surface area contributed by atoms with Crippen LogP contribution in [0.1, 0.15) is 44.8 Å². The molecule has 1 unspecified atom stereocenters. The van der Waals surface area contributed by atoms with Crippen LogP contribution in [0.25, 0.3) is 0 Å². The van der Waals surface area contributed by atoms with Crippen molar-refractivity contribution < 1.29 is 18.7 Å². The second kappa shape index (κ2) is 6.41. The Labute approximate surface area is 158 Å². The van der Waals surface area contributed by atoms with Gasteiger partial charge < -0.3 is 9.15 Å². The van der Waals surface area contributed by atoms with Crippen molar-refractivity contribution in [3.63, 3.8) is 0 Å². The molecule has 0 fully saturated rings. The summed E-state index contributed by atoms with van der Waals surface area (Å²) in [5.74, 6) is 1.01. The van der Waals surface area contributed by atoms with Gasteiger partial charge in [0.2, 0.25) is 5.91 Å². The normalized spacial score (nSPS) is 22.0. The highest BCUT2D eigenvalue weighted by atomic mass is 16.5. The lowest BCUT2D eigenvalue weighted by Gasteiger charge is -2.42. The van der Waals surface area contributed by atoms with E-state index >= 15 is 0 Å². The second-order valence-electron chi connectivity index (χ2n) is 7.97. The molecular weight excluding hydrogens is 342 g/mol. The lowest BCUT2D eigenvalue weighted by atomic mass is 9.70. The molecule has 1 aliphatic carbocycles. The van der Waals surface area contributed by atoms with Gasteiger partial charge >= 0.3 is 0 Å². The van der Waals surface area contributed by atoms with Crippen molar-refractivity contribution in [2.75, 3.05) is 12.0 Å². The molecule has 1 atom stereocenters. The molecule has 5 nitrogen and oxygen atoms in total. The molecule has 5 heteroatoms. The summed E-state index contributed by atoms with van der Waals surface area (Å²) in [6.07, 6.45) is 2.91. The number of para-hydroxylation sites is 2. The van der Waals surface area contributed by atoms with Crippen molar-refractivity contribution in [1.29, 1.82) is 0 Å². The van der Waals surface area contributed by atoms with Crippen molar-refractivity contribution in [3.05, 3.63) is 59.7 Å². The number of hydrogen-bond donors (Lipinski definition) is 0. The average Bonchev–Trinajstić information content (AvgIpc) is 3.14. The SMILES string of the molecule is COc1ccccc1N1C(=O)CC(c2ccco2)C2=C1CC(C)(C)CC2=O. The number of Topliss-reactive ketones (excluding diaryl/α,β-unsaturated/α-hetero) is 1. The van der Waals surface area contributed by atoms with Gasteiger partial charge in [0, 0.05) is 24.1 Å². The molecule has 0 saturated heterocycles. The highest BCUT2D eigenvalue weighted by molar-refractivity contribution is 6.08. The first-order chi connectivity index (χ1) is 12.9. The van der Waals surface area contributed by atoms with E-state index in [1.165, 1.54) is 0 Å². The van der Waals surface area contributed by atoms with Gasteiger partial charge in [-0.3, -0.25) is 14.5 Å². The van der Waals surface area contributed by atoms with E-state index in [1.54, 1.807) is 24.3 Å². The Morgan fingerprint density at radius 2 is 1.89 bits per heavy atom. The summed E-state index contributed by atoms with van der Waals surface area (Å²) in [7, 11) is 1.59. The number of carbonyl (C=O) groups is 2. The fraction of sp³-hybridized carbons (Fsp3) is 0.364. The van der Waals surface area contributed by atoms with Crippen LogP contribution < -0.4 is 9.64 Å². The third kappa shape index (κ3) is 2.97. The predicted molar refractivity (Wildman–Crippen MR) is 102 cm³/mol. The fourth-order valence-corrected chi connectivity index (χ4v) is 4.24. The van der Waals surface area contributed by atoms with Gasteiger partial charge in [-0.2, -0.15) is 0 Å². The second-order valence-corrected chi connectivity index (χ2v) is 7.97. The maximum Gasteiger partial charge on any atom is 0.232 e. The van der Waals surface area contributed by atoms with Crippen LogP contribution >= 0.6 is 0 Å². The Hall–Kier alpha value is -2.82. The van der Waals surface area contributed by atoms with Gasteiger partial charge in [-0.1, -0.05) is 26.0 Å². The minimum atomic E-state index is -0.322. The number of ketones is 1. The Kier molecular flexibility index (Phi) is 4.17. The number of benzene rings is 1. The maximum absolute atomic E-state index is 13.2. The lowest BCUT2D eigenvalue weighted by molar-refractivity contribution is -0.121. The molecule has 2 aromatic rings. The number of hydrogen-bond acceptors (Lipinski definition) is 4. The fourth-order valence-electron chi connectivity index (χ4n) is 4.24. The summed E-state index contributed by atoms with van der Waals surface area (Å²) in [6, 6.07) is 11.1. The van der Waals surface area contributed by atoms with E-state index in [0.29, 0.717) is 35.6 Å². The molecule has 0 radical (unpaired) electrons. The number of methoxy groups -OCH3 is 1. The van der Waals surface area contributed by atoms with E-state index in [2.05, 4.69) is 13.8 Å². The molecule has 0 spiro atoms. The molecule has 1 aliphatic heterocycles. The number of carbonyl (C=O) groups excluding carboxylic acids is 2. The molecule has 1 amide bonds. The lowest BCUT2D eigenvalue weighted by Crippen LogP contribution is -2.43. The summed E-state index contributed by atoms with van der Waals surface area (Å²) in [4.78, 5) is 28.0. The van der Waals surface area contributed by atoms with Gasteiger partial charge in [0.05, 0.1) is 25.0 Å². The maximum atomic E-state index is 13.2. The average molecular weight is 365 g/mol. The Balaban J connectivity index is 1.92. The highest BCUT2D eigenvalue weighted by Crippen LogP contribution is 2.49. The summed E-state index contributed by atoms with van der Waals surface area (Å²) in [5, 5.41) is 0.